The van der Waals surface area contributed by atoms with Crippen molar-refractivity contribution in [3.05, 3.63) is 47.5 Å². The van der Waals surface area contributed by atoms with Gasteiger partial charge in [-0.2, -0.15) is 0 Å². The molecule has 27 heavy (non-hydrogen) atoms. The van der Waals surface area contributed by atoms with Crippen molar-refractivity contribution in [2.24, 2.45) is 0 Å². The van der Waals surface area contributed by atoms with Crippen LogP contribution in [0.5, 0.6) is 0 Å². The van der Waals surface area contributed by atoms with Crippen molar-refractivity contribution < 1.29 is 9.59 Å². The van der Waals surface area contributed by atoms with Crippen LogP contribution in [0.1, 0.15) is 45.2 Å². The van der Waals surface area contributed by atoms with Gasteiger partial charge in [0.25, 0.3) is 0 Å². The van der Waals surface area contributed by atoms with Crippen LogP contribution in [-0.4, -0.2) is 34.3 Å². The Hall–Kier alpha value is -2.47. The van der Waals surface area contributed by atoms with Gasteiger partial charge < -0.3 is 4.90 Å². The van der Waals surface area contributed by atoms with E-state index in [2.05, 4.69) is 4.98 Å². The molecule has 3 rings (SSSR count). The average molecular weight is 384 g/mol. The Balaban J connectivity index is 1.73. The molecule has 2 amide bonds. The van der Waals surface area contributed by atoms with E-state index in [1.54, 1.807) is 17.1 Å². The fourth-order valence-corrected chi connectivity index (χ4v) is 4.38. The summed E-state index contributed by atoms with van der Waals surface area (Å²) < 4.78 is 0. The molecule has 0 atom stereocenters. The molecule has 0 aliphatic heterocycles. The Kier molecular flexibility index (Phi) is 6.40. The van der Waals surface area contributed by atoms with Gasteiger partial charge in [0.1, 0.15) is 0 Å². The number of nitrogens with zero attached hydrogens (tertiary/aromatic N) is 3. The zero-order chi connectivity index (χ0) is 19.2. The molecule has 0 saturated heterocycles. The van der Waals surface area contributed by atoms with E-state index < -0.39 is 0 Å². The summed E-state index contributed by atoms with van der Waals surface area (Å²) in [4.78, 5) is 32.7. The fourth-order valence-electron chi connectivity index (χ4n) is 3.52. The number of para-hydroxylation sites is 1. The van der Waals surface area contributed by atoms with Crippen molar-refractivity contribution in [3.8, 4) is 0 Å². The quantitative estimate of drug-likeness (QED) is 0.683. The van der Waals surface area contributed by atoms with Gasteiger partial charge in [0.05, 0.1) is 11.4 Å². The topological polar surface area (TPSA) is 53.5 Å². The van der Waals surface area contributed by atoms with E-state index in [1.807, 2.05) is 47.5 Å². The van der Waals surface area contributed by atoms with Gasteiger partial charge in [0.15, 0.2) is 5.13 Å². The second-order valence-corrected chi connectivity index (χ2v) is 7.48. The second kappa shape index (κ2) is 8.95. The van der Waals surface area contributed by atoms with Crippen LogP contribution in [0.3, 0.4) is 0 Å². The van der Waals surface area contributed by atoms with Gasteiger partial charge in [-0.25, -0.2) is 4.98 Å². The fraction of sp³-hybridized carbons (Fsp3) is 0.381. The lowest BCUT2D eigenvalue weighted by molar-refractivity contribution is -0.127. The number of carbonyl (C=O) groups excluding carboxylic acids is 2. The highest BCUT2D eigenvalue weighted by atomic mass is 32.1. The number of benzene rings is 1. The summed E-state index contributed by atoms with van der Waals surface area (Å²) in [5.74, 6) is -0.0639. The average Bonchev–Trinajstić information content (AvgIpc) is 3.34. The number of hydrogen-bond donors (Lipinski definition) is 0. The molecule has 1 saturated carbocycles. The molecule has 0 bridgehead atoms. The molecular formula is C21H25N3O2S. The predicted molar refractivity (Wildman–Crippen MR) is 110 cm³/mol. The molecule has 142 valence electrons. The van der Waals surface area contributed by atoms with Crippen molar-refractivity contribution in [1.82, 2.24) is 9.88 Å². The van der Waals surface area contributed by atoms with Gasteiger partial charge in [0, 0.05) is 31.0 Å². The maximum Gasteiger partial charge on any atom is 0.246 e. The third kappa shape index (κ3) is 4.63. The van der Waals surface area contributed by atoms with Crippen LogP contribution in [0.4, 0.5) is 10.8 Å². The van der Waals surface area contributed by atoms with Crippen LogP contribution in [0.15, 0.2) is 41.8 Å². The summed E-state index contributed by atoms with van der Waals surface area (Å²) in [5.41, 5.74) is 1.47. The molecular weight excluding hydrogens is 358 g/mol. The van der Waals surface area contributed by atoms with Crippen molar-refractivity contribution in [2.45, 2.75) is 45.6 Å². The summed E-state index contributed by atoms with van der Waals surface area (Å²) in [7, 11) is 0. The van der Waals surface area contributed by atoms with Crippen LogP contribution in [0.25, 0.3) is 6.08 Å². The molecule has 2 aromatic rings. The number of aromatic nitrogens is 1. The van der Waals surface area contributed by atoms with E-state index in [4.69, 9.17) is 0 Å². The minimum absolute atomic E-state index is 0.0328. The van der Waals surface area contributed by atoms with E-state index in [-0.39, 0.29) is 11.8 Å². The number of rotatable bonds is 6. The highest BCUT2D eigenvalue weighted by Crippen LogP contribution is 2.29. The molecule has 1 aromatic carbocycles. The third-order valence-corrected chi connectivity index (χ3v) is 5.66. The molecule has 1 fully saturated rings. The summed E-state index contributed by atoms with van der Waals surface area (Å²) in [6.07, 6.45) is 7.93. The van der Waals surface area contributed by atoms with Gasteiger partial charge in [-0.15, -0.1) is 11.3 Å². The molecule has 0 radical (unpaired) electrons. The smallest absolute Gasteiger partial charge is 0.246 e. The van der Waals surface area contributed by atoms with Gasteiger partial charge in [-0.05, 0) is 38.0 Å². The van der Waals surface area contributed by atoms with Crippen molar-refractivity contribution in [2.75, 3.05) is 11.4 Å². The first-order valence-electron chi connectivity index (χ1n) is 9.40. The number of anilines is 2. The highest BCUT2D eigenvalue weighted by molar-refractivity contribution is 7.14. The van der Waals surface area contributed by atoms with E-state index in [0.717, 1.165) is 25.1 Å². The van der Waals surface area contributed by atoms with E-state index in [9.17, 15) is 9.59 Å². The minimum atomic E-state index is -0.0967. The SMILES string of the molecule is CCN(C(=O)/C=C/c1csc(N(C(C)=O)c2ccccc2)n1)C1CCCC1. The van der Waals surface area contributed by atoms with Crippen LogP contribution in [0, 0.1) is 0 Å². The lowest BCUT2D eigenvalue weighted by Gasteiger charge is -2.26. The second-order valence-electron chi connectivity index (χ2n) is 6.64. The Morgan fingerprint density at radius 2 is 1.93 bits per heavy atom. The molecule has 5 nitrogen and oxygen atoms in total. The van der Waals surface area contributed by atoms with E-state index >= 15 is 0 Å². The van der Waals surface area contributed by atoms with E-state index in [0.29, 0.717) is 16.9 Å². The largest absolute Gasteiger partial charge is 0.336 e. The maximum atomic E-state index is 12.6. The highest BCUT2D eigenvalue weighted by Gasteiger charge is 2.24. The predicted octanol–water partition coefficient (Wildman–Crippen LogP) is 4.63. The monoisotopic (exact) mass is 383 g/mol. The summed E-state index contributed by atoms with van der Waals surface area (Å²) >= 11 is 1.39. The molecule has 0 spiro atoms. The summed E-state index contributed by atoms with van der Waals surface area (Å²) in [6, 6.07) is 9.81. The van der Waals surface area contributed by atoms with Crippen molar-refractivity contribution in [1.29, 1.82) is 0 Å². The van der Waals surface area contributed by atoms with Gasteiger partial charge in [-0.1, -0.05) is 31.0 Å². The van der Waals surface area contributed by atoms with Gasteiger partial charge >= 0.3 is 0 Å². The molecule has 1 aliphatic rings. The normalized spacial score (nSPS) is 14.6. The van der Waals surface area contributed by atoms with Crippen LogP contribution >= 0.6 is 11.3 Å². The summed E-state index contributed by atoms with van der Waals surface area (Å²) in [6.45, 7) is 4.27. The molecule has 0 unspecified atom stereocenters. The lowest BCUT2D eigenvalue weighted by atomic mass is 10.2. The zero-order valence-electron chi connectivity index (χ0n) is 15.8. The first-order chi connectivity index (χ1) is 13.1. The van der Waals surface area contributed by atoms with Crippen LogP contribution < -0.4 is 4.90 Å². The number of carbonyl (C=O) groups is 2. The molecule has 1 aliphatic carbocycles. The molecule has 6 heteroatoms. The third-order valence-electron chi connectivity index (χ3n) is 4.82. The number of thiazole rings is 1. The van der Waals surface area contributed by atoms with Crippen LogP contribution in [0.2, 0.25) is 0 Å². The minimum Gasteiger partial charge on any atom is -0.336 e. The number of amides is 2. The Labute approximate surface area is 164 Å². The van der Waals surface area contributed by atoms with Gasteiger partial charge in [-0.3, -0.25) is 14.5 Å². The first kappa shape index (κ1) is 19.3. The molecule has 0 N–H and O–H groups in total. The number of hydrogen-bond acceptors (Lipinski definition) is 4. The Morgan fingerprint density at radius 1 is 1.22 bits per heavy atom. The van der Waals surface area contributed by atoms with Crippen LogP contribution in [-0.2, 0) is 9.59 Å². The standard InChI is InChI=1S/C21H25N3O2S/c1-3-23(18-9-7-8-10-18)20(26)14-13-17-15-27-21(22-17)24(16(2)25)19-11-5-4-6-12-19/h4-6,11-15,18H,3,7-10H2,1-2H3/b14-13+. The number of likely N-dealkylation sites (N-methyl/N-ethyl adjacent to an activating group) is 1. The van der Waals surface area contributed by atoms with E-state index in [1.165, 1.54) is 31.1 Å². The first-order valence-corrected chi connectivity index (χ1v) is 10.3. The molecule has 1 aromatic heterocycles. The van der Waals surface area contributed by atoms with Crippen molar-refractivity contribution >= 4 is 40.0 Å². The van der Waals surface area contributed by atoms with Crippen molar-refractivity contribution in [3.63, 3.8) is 0 Å². The Morgan fingerprint density at radius 3 is 2.56 bits per heavy atom. The summed E-state index contributed by atoms with van der Waals surface area (Å²) in [5, 5.41) is 2.47. The lowest BCUT2D eigenvalue weighted by Crippen LogP contribution is -2.37. The zero-order valence-corrected chi connectivity index (χ0v) is 16.6. The maximum absolute atomic E-state index is 12.6. The van der Waals surface area contributed by atoms with Gasteiger partial charge in [0.2, 0.25) is 11.8 Å². The molecule has 1 heterocycles. The Bertz CT molecular complexity index is 810.